The highest BCUT2D eigenvalue weighted by Gasteiger charge is 2.26. The zero-order valence-corrected chi connectivity index (χ0v) is 37.3. The number of allylic oxidation sites excluding steroid dienone is 2. The van der Waals surface area contributed by atoms with Crippen molar-refractivity contribution in [1.82, 2.24) is 5.32 Å². The molecule has 0 fully saturated rings. The summed E-state index contributed by atoms with van der Waals surface area (Å²) in [6.45, 7) is 4.21. The van der Waals surface area contributed by atoms with Gasteiger partial charge >= 0.3 is 0 Å². The molecule has 0 aromatic heterocycles. The molecule has 0 aliphatic rings. The molecule has 0 aromatic carbocycles. The third kappa shape index (κ3) is 41.1. The molecule has 0 radical (unpaired) electrons. The van der Waals surface area contributed by atoms with Gasteiger partial charge in [-0.15, -0.1) is 0 Å². The number of unbranched alkanes of at least 4 members (excludes halogenated alkanes) is 36. The van der Waals surface area contributed by atoms with Gasteiger partial charge in [0.25, 0.3) is 0 Å². The van der Waals surface area contributed by atoms with Gasteiger partial charge in [0, 0.05) is 6.42 Å². The van der Waals surface area contributed by atoms with Crippen LogP contribution in [0.2, 0.25) is 0 Å². The van der Waals surface area contributed by atoms with E-state index in [2.05, 4.69) is 31.3 Å². The van der Waals surface area contributed by atoms with Crippen LogP contribution in [0.5, 0.6) is 0 Å². The molecule has 55 heavy (non-hydrogen) atoms. The zero-order chi connectivity index (χ0) is 40.1. The summed E-state index contributed by atoms with van der Waals surface area (Å²) in [5.41, 5.74) is 0. The maximum absolute atomic E-state index is 12.5. The Kier molecular flexibility index (Phi) is 45.0. The molecule has 5 heteroatoms. The highest BCUT2D eigenvalue weighted by molar-refractivity contribution is 5.76. The Bertz CT molecular complexity index is 773. The van der Waals surface area contributed by atoms with Crippen LogP contribution in [-0.2, 0) is 4.79 Å². The second-order valence-electron chi connectivity index (χ2n) is 17.4. The first-order valence-corrected chi connectivity index (χ1v) is 25.0. The van der Waals surface area contributed by atoms with Crippen molar-refractivity contribution in [3.8, 4) is 0 Å². The average molecular weight is 778 g/mol. The summed E-state index contributed by atoms with van der Waals surface area (Å²) in [6, 6.07) is -0.809. The van der Waals surface area contributed by atoms with Gasteiger partial charge in [-0.25, -0.2) is 0 Å². The predicted octanol–water partition coefficient (Wildman–Crippen LogP) is 14.8. The molecule has 0 aliphatic carbocycles. The molecule has 0 rings (SSSR count). The number of hydrogen-bond acceptors (Lipinski definition) is 4. The summed E-state index contributed by atoms with van der Waals surface area (Å²) in [5, 5.41) is 33.7. The van der Waals surface area contributed by atoms with Crippen LogP contribution in [0, 0.1) is 0 Å². The Labute approximate surface area is 344 Å². The van der Waals surface area contributed by atoms with Crippen LogP contribution in [0.1, 0.15) is 277 Å². The van der Waals surface area contributed by atoms with E-state index in [4.69, 9.17) is 0 Å². The molecule has 0 spiro atoms. The van der Waals surface area contributed by atoms with Gasteiger partial charge < -0.3 is 20.6 Å². The first-order chi connectivity index (χ1) is 27.1. The van der Waals surface area contributed by atoms with Crippen molar-refractivity contribution >= 4 is 5.91 Å². The van der Waals surface area contributed by atoms with E-state index in [1.165, 1.54) is 212 Å². The normalized spacial score (nSPS) is 13.5. The smallest absolute Gasteiger partial charge is 0.220 e. The number of nitrogens with one attached hydrogen (secondary N) is 1. The maximum Gasteiger partial charge on any atom is 0.220 e. The summed E-state index contributed by atoms with van der Waals surface area (Å²) < 4.78 is 0. The molecule has 0 aromatic rings. The van der Waals surface area contributed by atoms with Crippen molar-refractivity contribution in [2.24, 2.45) is 0 Å². The van der Waals surface area contributed by atoms with E-state index in [1.807, 2.05) is 0 Å². The summed E-state index contributed by atoms with van der Waals surface area (Å²) in [7, 11) is 0. The van der Waals surface area contributed by atoms with Crippen LogP contribution in [0.3, 0.4) is 0 Å². The van der Waals surface area contributed by atoms with Crippen molar-refractivity contribution in [1.29, 1.82) is 0 Å². The van der Waals surface area contributed by atoms with Gasteiger partial charge in [0.2, 0.25) is 5.91 Å². The molecule has 0 heterocycles. The Hall–Kier alpha value is -0.910. The monoisotopic (exact) mass is 778 g/mol. The number of carbonyl (C=O) groups excluding carboxylic acids is 1. The van der Waals surface area contributed by atoms with E-state index in [9.17, 15) is 20.1 Å². The Morgan fingerprint density at radius 1 is 0.436 bits per heavy atom. The second kappa shape index (κ2) is 45.8. The van der Waals surface area contributed by atoms with Gasteiger partial charge in [0.1, 0.15) is 6.10 Å². The van der Waals surface area contributed by atoms with Crippen molar-refractivity contribution in [3.63, 3.8) is 0 Å². The van der Waals surface area contributed by atoms with Crippen molar-refractivity contribution in [2.75, 3.05) is 6.61 Å². The number of aliphatic hydroxyl groups excluding tert-OH is 3. The molecule has 3 atom stereocenters. The fourth-order valence-electron chi connectivity index (χ4n) is 7.98. The fourth-order valence-corrected chi connectivity index (χ4v) is 7.98. The zero-order valence-electron chi connectivity index (χ0n) is 37.3. The molecule has 3 unspecified atom stereocenters. The Balaban J connectivity index is 3.57. The Morgan fingerprint density at radius 3 is 1.05 bits per heavy atom. The quantitative estimate of drug-likeness (QED) is 0.0366. The minimum absolute atomic E-state index is 0.145. The van der Waals surface area contributed by atoms with Crippen LogP contribution < -0.4 is 5.32 Å². The highest BCUT2D eigenvalue weighted by Crippen LogP contribution is 2.17. The van der Waals surface area contributed by atoms with Crippen LogP contribution in [0.4, 0.5) is 0 Å². The molecule has 0 saturated carbocycles. The summed E-state index contributed by atoms with van der Waals surface area (Å²) in [6.07, 6.45) is 54.8. The van der Waals surface area contributed by atoms with Crippen LogP contribution >= 0.6 is 0 Å². The van der Waals surface area contributed by atoms with E-state index in [0.29, 0.717) is 12.8 Å². The molecule has 0 aliphatic heterocycles. The lowest BCUT2D eigenvalue weighted by atomic mass is 9.99. The number of rotatable bonds is 46. The molecule has 4 N–H and O–H groups in total. The molecule has 1 amide bonds. The van der Waals surface area contributed by atoms with Crippen molar-refractivity contribution < 1.29 is 20.1 Å². The maximum atomic E-state index is 12.5. The van der Waals surface area contributed by atoms with Gasteiger partial charge in [0.15, 0.2) is 0 Å². The number of amides is 1. The second-order valence-corrected chi connectivity index (χ2v) is 17.4. The molecular weight excluding hydrogens is 679 g/mol. The highest BCUT2D eigenvalue weighted by atomic mass is 16.3. The molecule has 0 saturated heterocycles. The summed E-state index contributed by atoms with van der Waals surface area (Å²) >= 11 is 0. The van der Waals surface area contributed by atoms with Crippen LogP contribution in [0.25, 0.3) is 0 Å². The van der Waals surface area contributed by atoms with E-state index < -0.39 is 18.2 Å². The fraction of sp³-hybridized carbons (Fsp3) is 0.940. The Morgan fingerprint density at radius 2 is 0.727 bits per heavy atom. The standard InChI is InChI=1S/C50H99NO4/c1-3-5-7-9-11-13-15-17-19-21-23-24-25-27-29-31-33-35-37-39-41-43-45-49(54)51-47(46-52)50(55)48(53)44-42-40-38-36-34-32-30-28-26-22-20-18-16-14-12-10-8-6-4-2/h25,27,47-48,50,52-53,55H,3-24,26,28-46H2,1-2H3,(H,51,54)/b27-25-. The lowest BCUT2D eigenvalue weighted by Gasteiger charge is -2.26. The lowest BCUT2D eigenvalue weighted by molar-refractivity contribution is -0.124. The minimum atomic E-state index is -1.14. The summed E-state index contributed by atoms with van der Waals surface area (Å²) in [4.78, 5) is 12.5. The van der Waals surface area contributed by atoms with Gasteiger partial charge in [0.05, 0.1) is 18.8 Å². The number of carbonyl (C=O) groups is 1. The SMILES string of the molecule is CCCCCCCCCCCCC/C=C\CCCCCCCCCC(=O)NC(CO)C(O)C(O)CCCCCCCCCCCCCCCCCCCCC. The molecule has 328 valence electrons. The van der Waals surface area contributed by atoms with Gasteiger partial charge in [-0.3, -0.25) is 4.79 Å². The number of aliphatic hydroxyl groups is 3. The van der Waals surface area contributed by atoms with E-state index in [0.717, 1.165) is 38.5 Å². The van der Waals surface area contributed by atoms with E-state index in [-0.39, 0.29) is 12.5 Å². The largest absolute Gasteiger partial charge is 0.394 e. The summed E-state index contributed by atoms with van der Waals surface area (Å²) in [5.74, 6) is -0.145. The average Bonchev–Trinajstić information content (AvgIpc) is 3.19. The van der Waals surface area contributed by atoms with Gasteiger partial charge in [-0.2, -0.15) is 0 Å². The van der Waals surface area contributed by atoms with Crippen molar-refractivity contribution in [3.05, 3.63) is 12.2 Å². The third-order valence-electron chi connectivity index (χ3n) is 11.9. The molecule has 5 nitrogen and oxygen atoms in total. The predicted molar refractivity (Wildman–Crippen MR) is 241 cm³/mol. The topological polar surface area (TPSA) is 89.8 Å². The first kappa shape index (κ1) is 54.1. The third-order valence-corrected chi connectivity index (χ3v) is 11.9. The van der Waals surface area contributed by atoms with Crippen LogP contribution in [0.15, 0.2) is 12.2 Å². The molecule has 0 bridgehead atoms. The van der Waals surface area contributed by atoms with Crippen molar-refractivity contribution in [2.45, 2.75) is 295 Å². The van der Waals surface area contributed by atoms with Crippen LogP contribution in [-0.4, -0.2) is 46.1 Å². The first-order valence-electron chi connectivity index (χ1n) is 25.0. The molecular formula is C50H99NO4. The van der Waals surface area contributed by atoms with E-state index >= 15 is 0 Å². The van der Waals surface area contributed by atoms with Gasteiger partial charge in [-0.1, -0.05) is 244 Å². The lowest BCUT2D eigenvalue weighted by Crippen LogP contribution is -2.50. The van der Waals surface area contributed by atoms with E-state index in [1.54, 1.807) is 0 Å². The minimum Gasteiger partial charge on any atom is -0.394 e. The number of hydrogen-bond donors (Lipinski definition) is 4. The van der Waals surface area contributed by atoms with Gasteiger partial charge in [-0.05, 0) is 38.5 Å².